The number of nitrogens with one attached hydrogen (secondary N) is 1. The predicted octanol–water partition coefficient (Wildman–Crippen LogP) is 0.963. The van der Waals surface area contributed by atoms with Gasteiger partial charge in [-0.1, -0.05) is 0 Å². The fraction of sp³-hybridized carbons (Fsp3) is 0.692. The minimum Gasteiger partial charge on any atom is -0.373 e. The Balaban J connectivity index is 2.03. The van der Waals surface area contributed by atoms with Crippen molar-refractivity contribution < 1.29 is 0 Å². The van der Waals surface area contributed by atoms with Crippen LogP contribution in [0.25, 0.3) is 0 Å². The molecule has 0 saturated carbocycles. The lowest BCUT2D eigenvalue weighted by atomic mass is 10.2. The van der Waals surface area contributed by atoms with Gasteiger partial charge in [-0.2, -0.15) is 0 Å². The van der Waals surface area contributed by atoms with Gasteiger partial charge >= 0.3 is 0 Å². The summed E-state index contributed by atoms with van der Waals surface area (Å²) in [6.45, 7) is 8.41. The number of aromatic nitrogens is 2. The van der Waals surface area contributed by atoms with E-state index in [1.165, 1.54) is 0 Å². The van der Waals surface area contributed by atoms with Gasteiger partial charge in [0.25, 0.3) is 0 Å². The number of rotatable bonds is 3. The van der Waals surface area contributed by atoms with Gasteiger partial charge in [0, 0.05) is 44.5 Å². The summed E-state index contributed by atoms with van der Waals surface area (Å²) in [7, 11) is 4.08. The maximum absolute atomic E-state index is 4.51. The van der Waals surface area contributed by atoms with E-state index in [2.05, 4.69) is 39.1 Å². The van der Waals surface area contributed by atoms with Gasteiger partial charge in [-0.3, -0.25) is 4.90 Å². The van der Waals surface area contributed by atoms with Crippen molar-refractivity contribution in [1.82, 2.24) is 19.8 Å². The van der Waals surface area contributed by atoms with E-state index in [0.717, 1.165) is 43.5 Å². The van der Waals surface area contributed by atoms with Crippen LogP contribution in [0.2, 0.25) is 0 Å². The maximum atomic E-state index is 4.51. The van der Waals surface area contributed by atoms with Crippen molar-refractivity contribution in [3.8, 4) is 0 Å². The second-order valence-electron chi connectivity index (χ2n) is 5.13. The smallest absolute Gasteiger partial charge is 0.144 e. The van der Waals surface area contributed by atoms with E-state index >= 15 is 0 Å². The molecule has 1 aromatic rings. The van der Waals surface area contributed by atoms with E-state index in [4.69, 9.17) is 0 Å². The average Bonchev–Trinajstić information content (AvgIpc) is 2.33. The number of nitrogens with zero attached hydrogens (tertiary/aromatic N) is 4. The molecule has 1 fully saturated rings. The van der Waals surface area contributed by atoms with Crippen LogP contribution in [0.4, 0.5) is 5.82 Å². The van der Waals surface area contributed by atoms with E-state index < -0.39 is 0 Å². The molecule has 1 aromatic heterocycles. The number of likely N-dealkylation sites (N-methyl/N-ethyl adjacent to an activating group) is 1. The molecule has 0 spiro atoms. The molecule has 1 atom stereocenters. The highest BCUT2D eigenvalue weighted by Crippen LogP contribution is 2.11. The zero-order valence-corrected chi connectivity index (χ0v) is 11.8. The van der Waals surface area contributed by atoms with Gasteiger partial charge in [0.1, 0.15) is 11.6 Å². The minimum absolute atomic E-state index is 0.604. The molecule has 1 aliphatic heterocycles. The van der Waals surface area contributed by atoms with Gasteiger partial charge < -0.3 is 10.2 Å². The van der Waals surface area contributed by atoms with Crippen molar-refractivity contribution in [2.75, 3.05) is 39.0 Å². The summed E-state index contributed by atoms with van der Waals surface area (Å²) in [4.78, 5) is 13.9. The van der Waals surface area contributed by atoms with Crippen LogP contribution in [0.1, 0.15) is 18.4 Å². The van der Waals surface area contributed by atoms with Crippen molar-refractivity contribution in [2.45, 2.75) is 26.4 Å². The van der Waals surface area contributed by atoms with E-state index in [1.54, 1.807) is 0 Å². The normalized spacial score (nSPS) is 22.1. The largest absolute Gasteiger partial charge is 0.373 e. The van der Waals surface area contributed by atoms with Crippen LogP contribution in [-0.2, 0) is 6.54 Å². The molecule has 0 radical (unpaired) electrons. The molecule has 2 heterocycles. The van der Waals surface area contributed by atoms with Crippen molar-refractivity contribution in [2.24, 2.45) is 0 Å². The Bertz CT molecular complexity index is 406. The molecule has 1 N–H and O–H groups in total. The third-order valence-electron chi connectivity index (χ3n) is 3.57. The first-order chi connectivity index (χ1) is 8.58. The lowest BCUT2D eigenvalue weighted by Crippen LogP contribution is -2.49. The van der Waals surface area contributed by atoms with Crippen LogP contribution < -0.4 is 5.32 Å². The lowest BCUT2D eigenvalue weighted by molar-refractivity contribution is 0.0980. The Hall–Kier alpha value is -1.20. The van der Waals surface area contributed by atoms with Crippen LogP contribution in [-0.4, -0.2) is 59.5 Å². The zero-order valence-electron chi connectivity index (χ0n) is 11.8. The summed E-state index contributed by atoms with van der Waals surface area (Å²) in [6.07, 6.45) is 0. The summed E-state index contributed by atoms with van der Waals surface area (Å²) in [5, 5.41) is 3.08. The fourth-order valence-corrected chi connectivity index (χ4v) is 2.30. The molecule has 5 heteroatoms. The molecule has 1 saturated heterocycles. The van der Waals surface area contributed by atoms with Gasteiger partial charge in [0.05, 0.1) is 6.54 Å². The predicted molar refractivity (Wildman–Crippen MR) is 73.7 cm³/mol. The van der Waals surface area contributed by atoms with Crippen LogP contribution in [0, 0.1) is 6.92 Å². The highest BCUT2D eigenvalue weighted by Gasteiger charge is 2.21. The van der Waals surface area contributed by atoms with Gasteiger partial charge in [0.2, 0.25) is 0 Å². The molecule has 18 heavy (non-hydrogen) atoms. The van der Waals surface area contributed by atoms with Crippen molar-refractivity contribution in [3.63, 3.8) is 0 Å². The summed E-state index contributed by atoms with van der Waals surface area (Å²) in [5.41, 5.74) is 1.02. The van der Waals surface area contributed by atoms with Crippen LogP contribution in [0.3, 0.4) is 0 Å². The maximum Gasteiger partial charge on any atom is 0.144 e. The molecule has 1 unspecified atom stereocenters. The monoisotopic (exact) mass is 249 g/mol. The van der Waals surface area contributed by atoms with Crippen molar-refractivity contribution >= 4 is 5.82 Å². The first kappa shape index (κ1) is 13.2. The number of anilines is 1. The lowest BCUT2D eigenvalue weighted by Gasteiger charge is -2.37. The highest BCUT2D eigenvalue weighted by atomic mass is 15.3. The van der Waals surface area contributed by atoms with Crippen molar-refractivity contribution in [3.05, 3.63) is 17.6 Å². The standard InChI is InChI=1S/C13H23N5/c1-10-7-12(14-3)16-13(15-10)9-18-6-5-17(4)11(2)8-18/h7,11H,5-6,8-9H2,1-4H3,(H,14,15,16). The van der Waals surface area contributed by atoms with E-state index in [1.807, 2.05) is 20.0 Å². The average molecular weight is 249 g/mol. The SMILES string of the molecule is CNc1cc(C)nc(CN2CCN(C)C(C)C2)n1. The van der Waals surface area contributed by atoms with E-state index in [0.29, 0.717) is 6.04 Å². The van der Waals surface area contributed by atoms with Crippen LogP contribution in [0.5, 0.6) is 0 Å². The van der Waals surface area contributed by atoms with E-state index in [9.17, 15) is 0 Å². The van der Waals surface area contributed by atoms with Crippen LogP contribution in [0.15, 0.2) is 6.07 Å². The molecule has 100 valence electrons. The third-order valence-corrected chi connectivity index (χ3v) is 3.57. The second-order valence-corrected chi connectivity index (χ2v) is 5.13. The molecule has 2 rings (SSSR count). The molecule has 1 aliphatic rings. The Morgan fingerprint density at radius 3 is 2.83 bits per heavy atom. The Morgan fingerprint density at radius 1 is 1.39 bits per heavy atom. The Labute approximate surface area is 109 Å². The minimum atomic E-state index is 0.604. The molecule has 0 amide bonds. The van der Waals surface area contributed by atoms with Crippen LogP contribution >= 0.6 is 0 Å². The molecular formula is C13H23N5. The first-order valence-electron chi connectivity index (χ1n) is 6.53. The summed E-state index contributed by atoms with van der Waals surface area (Å²) in [6, 6.07) is 2.57. The summed E-state index contributed by atoms with van der Waals surface area (Å²) < 4.78 is 0. The molecule has 0 aliphatic carbocycles. The summed E-state index contributed by atoms with van der Waals surface area (Å²) in [5.74, 6) is 1.82. The second kappa shape index (κ2) is 5.63. The molecule has 5 nitrogen and oxygen atoms in total. The number of aryl methyl sites for hydroxylation is 1. The van der Waals surface area contributed by atoms with Gasteiger partial charge in [-0.25, -0.2) is 9.97 Å². The van der Waals surface area contributed by atoms with E-state index in [-0.39, 0.29) is 0 Å². The fourth-order valence-electron chi connectivity index (χ4n) is 2.30. The molecular weight excluding hydrogens is 226 g/mol. The van der Waals surface area contributed by atoms with Gasteiger partial charge in [0.15, 0.2) is 0 Å². The highest BCUT2D eigenvalue weighted by molar-refractivity contribution is 5.34. The first-order valence-corrected chi connectivity index (χ1v) is 6.53. The number of hydrogen-bond acceptors (Lipinski definition) is 5. The molecule has 0 aromatic carbocycles. The molecule has 0 bridgehead atoms. The quantitative estimate of drug-likeness (QED) is 0.864. The summed E-state index contributed by atoms with van der Waals surface area (Å²) >= 11 is 0. The van der Waals surface area contributed by atoms with Gasteiger partial charge in [-0.05, 0) is 20.9 Å². The zero-order chi connectivity index (χ0) is 13.1. The number of piperazine rings is 1. The third kappa shape index (κ3) is 3.17. The Morgan fingerprint density at radius 2 is 2.17 bits per heavy atom. The number of hydrogen-bond donors (Lipinski definition) is 1. The van der Waals surface area contributed by atoms with Gasteiger partial charge in [-0.15, -0.1) is 0 Å². The Kier molecular flexibility index (Phi) is 4.14. The topological polar surface area (TPSA) is 44.3 Å². The van der Waals surface area contributed by atoms with Crippen molar-refractivity contribution in [1.29, 1.82) is 0 Å².